The molecule has 130 valence electrons. The maximum atomic E-state index is 12.4. The van der Waals surface area contributed by atoms with Crippen LogP contribution in [0.5, 0.6) is 11.6 Å². The molecule has 0 aliphatic carbocycles. The highest BCUT2D eigenvalue weighted by molar-refractivity contribution is 7.10. The van der Waals surface area contributed by atoms with Gasteiger partial charge in [0.05, 0.1) is 22.9 Å². The second kappa shape index (κ2) is 6.65. The number of aromatic hydroxyl groups is 1. The lowest BCUT2D eigenvalue weighted by Gasteiger charge is -2.06. The number of ether oxygens (including phenoxy) is 1. The van der Waals surface area contributed by atoms with Crippen LogP contribution in [0.1, 0.15) is 17.4 Å². The maximum absolute atomic E-state index is 12.4. The van der Waals surface area contributed by atoms with Gasteiger partial charge in [0.15, 0.2) is 0 Å². The number of thiazole rings is 1. The highest BCUT2D eigenvalue weighted by Crippen LogP contribution is 2.34. The highest BCUT2D eigenvalue weighted by Gasteiger charge is 2.17. The van der Waals surface area contributed by atoms with Gasteiger partial charge in [-0.15, -0.1) is 0 Å². The Morgan fingerprint density at radius 3 is 2.73 bits per heavy atom. The first-order valence-corrected chi connectivity index (χ1v) is 9.02. The van der Waals surface area contributed by atoms with Gasteiger partial charge >= 0.3 is 4.87 Å². The molecular formula is C20H16N2O3S. The van der Waals surface area contributed by atoms with E-state index in [0.29, 0.717) is 17.2 Å². The second-order valence-corrected chi connectivity index (χ2v) is 6.69. The van der Waals surface area contributed by atoms with Gasteiger partial charge in [-0.3, -0.25) is 9.79 Å². The minimum atomic E-state index is -0.248. The lowest BCUT2D eigenvalue weighted by Crippen LogP contribution is -2.09. The molecule has 0 amide bonds. The average molecular weight is 364 g/mol. The molecule has 1 aliphatic rings. The van der Waals surface area contributed by atoms with Gasteiger partial charge in [-0.05, 0) is 43.3 Å². The van der Waals surface area contributed by atoms with E-state index in [2.05, 4.69) is 4.99 Å². The zero-order valence-corrected chi connectivity index (χ0v) is 14.9. The average Bonchev–Trinajstić information content (AvgIpc) is 3.18. The molecule has 1 N–H and O–H groups in total. The lowest BCUT2D eigenvalue weighted by atomic mass is 10.1. The van der Waals surface area contributed by atoms with E-state index < -0.39 is 0 Å². The lowest BCUT2D eigenvalue weighted by molar-refractivity contribution is 0.340. The Labute approximate surface area is 154 Å². The van der Waals surface area contributed by atoms with Gasteiger partial charge < -0.3 is 9.84 Å². The Morgan fingerprint density at radius 1 is 1.19 bits per heavy atom. The van der Waals surface area contributed by atoms with Crippen LogP contribution in [-0.2, 0) is 0 Å². The van der Waals surface area contributed by atoms with E-state index in [-0.39, 0.29) is 10.8 Å². The van der Waals surface area contributed by atoms with Crippen molar-refractivity contribution >= 4 is 34.9 Å². The summed E-state index contributed by atoms with van der Waals surface area (Å²) in [6, 6.07) is 14.8. The number of benzene rings is 2. The summed E-state index contributed by atoms with van der Waals surface area (Å²) >= 11 is 1.000. The van der Waals surface area contributed by atoms with Gasteiger partial charge in [0.1, 0.15) is 5.75 Å². The SMILES string of the molecule is CCOc1ccc(-n2c(O)c(/C=C3\C=Nc4ccccc43)sc2=O)cc1. The minimum Gasteiger partial charge on any atom is -0.494 e. The molecular weight excluding hydrogens is 348 g/mol. The number of para-hydroxylation sites is 1. The molecule has 0 saturated heterocycles. The summed E-state index contributed by atoms with van der Waals surface area (Å²) in [5.41, 5.74) is 3.34. The van der Waals surface area contributed by atoms with Crippen molar-refractivity contribution in [1.82, 2.24) is 4.57 Å². The van der Waals surface area contributed by atoms with E-state index in [1.54, 1.807) is 36.6 Å². The summed E-state index contributed by atoms with van der Waals surface area (Å²) in [4.78, 5) is 17.0. The Hall–Kier alpha value is -3.12. The molecule has 0 radical (unpaired) electrons. The summed E-state index contributed by atoms with van der Waals surface area (Å²) in [6.07, 6.45) is 3.54. The van der Waals surface area contributed by atoms with Crippen LogP contribution in [0.2, 0.25) is 0 Å². The molecule has 0 saturated carbocycles. The molecule has 1 aliphatic heterocycles. The van der Waals surface area contributed by atoms with Crippen molar-refractivity contribution in [1.29, 1.82) is 0 Å². The van der Waals surface area contributed by atoms with Crippen LogP contribution in [-0.4, -0.2) is 22.5 Å². The van der Waals surface area contributed by atoms with Gasteiger partial charge in [0, 0.05) is 17.4 Å². The van der Waals surface area contributed by atoms with Crippen molar-refractivity contribution in [2.45, 2.75) is 6.92 Å². The molecule has 2 heterocycles. The van der Waals surface area contributed by atoms with Crippen LogP contribution in [0.4, 0.5) is 5.69 Å². The third kappa shape index (κ3) is 2.84. The largest absolute Gasteiger partial charge is 0.494 e. The third-order valence-electron chi connectivity index (χ3n) is 4.06. The predicted molar refractivity (Wildman–Crippen MR) is 105 cm³/mol. The topological polar surface area (TPSA) is 63.8 Å². The number of aromatic nitrogens is 1. The van der Waals surface area contributed by atoms with Gasteiger partial charge in [-0.25, -0.2) is 4.57 Å². The number of hydrogen-bond acceptors (Lipinski definition) is 5. The molecule has 6 heteroatoms. The summed E-state index contributed by atoms with van der Waals surface area (Å²) in [7, 11) is 0. The van der Waals surface area contributed by atoms with E-state index in [1.807, 2.05) is 31.2 Å². The summed E-state index contributed by atoms with van der Waals surface area (Å²) in [5, 5.41) is 10.6. The van der Waals surface area contributed by atoms with Crippen LogP contribution in [0, 0.1) is 0 Å². The fourth-order valence-electron chi connectivity index (χ4n) is 2.86. The zero-order chi connectivity index (χ0) is 18.1. The summed E-state index contributed by atoms with van der Waals surface area (Å²) < 4.78 is 6.71. The van der Waals surface area contributed by atoms with Gasteiger partial charge in [0.25, 0.3) is 0 Å². The standard InChI is InChI=1S/C20H16N2O3S/c1-2-25-15-9-7-14(8-10-15)22-19(23)18(26-20(22)24)11-13-12-21-17-6-4-3-5-16(13)17/h3-12,23H,2H2,1H3/b13-11+. The number of nitrogens with zero attached hydrogens (tertiary/aromatic N) is 2. The van der Waals surface area contributed by atoms with Crippen molar-refractivity contribution in [3.63, 3.8) is 0 Å². The Bertz CT molecular complexity index is 1080. The highest BCUT2D eigenvalue weighted by atomic mass is 32.1. The van der Waals surface area contributed by atoms with Gasteiger partial charge in [-0.2, -0.15) is 0 Å². The van der Waals surface area contributed by atoms with Crippen molar-refractivity contribution in [2.75, 3.05) is 6.61 Å². The normalized spacial score (nSPS) is 14.0. The van der Waals surface area contributed by atoms with E-state index in [0.717, 1.165) is 33.9 Å². The number of aliphatic imine (C=N–C) groups is 1. The summed E-state index contributed by atoms with van der Waals surface area (Å²) in [6.45, 7) is 2.48. The van der Waals surface area contributed by atoms with E-state index in [9.17, 15) is 9.90 Å². The number of hydrogen-bond donors (Lipinski definition) is 1. The predicted octanol–water partition coefficient (Wildman–Crippen LogP) is 4.26. The van der Waals surface area contributed by atoms with Gasteiger partial charge in [-0.1, -0.05) is 29.5 Å². The molecule has 26 heavy (non-hydrogen) atoms. The van der Waals surface area contributed by atoms with Crippen LogP contribution in [0.15, 0.2) is 58.3 Å². The third-order valence-corrected chi connectivity index (χ3v) is 4.94. The van der Waals surface area contributed by atoms with Crippen molar-refractivity contribution < 1.29 is 9.84 Å². The minimum absolute atomic E-state index is 0.0746. The molecule has 5 nitrogen and oxygen atoms in total. The van der Waals surface area contributed by atoms with Crippen LogP contribution < -0.4 is 9.61 Å². The molecule has 3 aromatic rings. The number of fused-ring (bicyclic) bond motifs is 1. The molecule has 0 bridgehead atoms. The monoisotopic (exact) mass is 364 g/mol. The fraction of sp³-hybridized carbons (Fsp3) is 0.100. The van der Waals surface area contributed by atoms with Crippen LogP contribution >= 0.6 is 11.3 Å². The Kier molecular flexibility index (Phi) is 4.18. The first kappa shape index (κ1) is 16.4. The van der Waals surface area contributed by atoms with Crippen LogP contribution in [0.25, 0.3) is 17.3 Å². The first-order valence-electron chi connectivity index (χ1n) is 8.20. The van der Waals surface area contributed by atoms with E-state index in [1.165, 1.54) is 4.57 Å². The van der Waals surface area contributed by atoms with Crippen molar-refractivity contribution in [2.24, 2.45) is 4.99 Å². The molecule has 0 atom stereocenters. The van der Waals surface area contributed by atoms with Crippen LogP contribution in [0.3, 0.4) is 0 Å². The van der Waals surface area contributed by atoms with Crippen molar-refractivity contribution in [3.05, 3.63) is 68.6 Å². The smallest absolute Gasteiger partial charge is 0.315 e. The molecule has 1 aromatic heterocycles. The maximum Gasteiger partial charge on any atom is 0.315 e. The van der Waals surface area contributed by atoms with E-state index >= 15 is 0 Å². The molecule has 4 rings (SSSR count). The van der Waals surface area contributed by atoms with E-state index in [4.69, 9.17) is 4.74 Å². The zero-order valence-electron chi connectivity index (χ0n) is 14.0. The Balaban J connectivity index is 1.73. The van der Waals surface area contributed by atoms with Gasteiger partial charge in [0.2, 0.25) is 5.88 Å². The number of rotatable bonds is 4. The summed E-state index contributed by atoms with van der Waals surface area (Å²) in [5.74, 6) is 0.648. The molecule has 0 fully saturated rings. The molecule has 0 unspecified atom stereocenters. The quantitative estimate of drug-likeness (QED) is 0.752. The van der Waals surface area contributed by atoms with Crippen molar-refractivity contribution in [3.8, 4) is 17.3 Å². The molecule has 2 aromatic carbocycles. The number of allylic oxidation sites excluding steroid dienone is 1. The molecule has 0 spiro atoms. The Morgan fingerprint density at radius 2 is 1.96 bits per heavy atom. The fourth-order valence-corrected chi connectivity index (χ4v) is 3.70. The first-order chi connectivity index (χ1) is 12.7. The second-order valence-electron chi connectivity index (χ2n) is 5.69.